The molecule has 0 spiro atoms. The van der Waals surface area contributed by atoms with E-state index in [1.807, 2.05) is 11.3 Å². The zero-order chi connectivity index (χ0) is 10.4. The average Bonchev–Trinajstić information content (AvgIpc) is 2.56. The quantitative estimate of drug-likeness (QED) is 0.783. The van der Waals surface area contributed by atoms with Crippen molar-refractivity contribution >= 4 is 11.3 Å². The van der Waals surface area contributed by atoms with Crippen LogP contribution >= 0.6 is 11.3 Å². The van der Waals surface area contributed by atoms with Crippen LogP contribution in [0.4, 0.5) is 0 Å². The highest BCUT2D eigenvalue weighted by Crippen LogP contribution is 2.11. The van der Waals surface area contributed by atoms with Crippen LogP contribution in [0.2, 0.25) is 0 Å². The maximum absolute atomic E-state index is 5.08. The lowest BCUT2D eigenvalue weighted by Crippen LogP contribution is -2.38. The van der Waals surface area contributed by atoms with Gasteiger partial charge in [0, 0.05) is 24.1 Å². The summed E-state index contributed by atoms with van der Waals surface area (Å²) in [6.45, 7) is 5.13. The van der Waals surface area contributed by atoms with Gasteiger partial charge >= 0.3 is 0 Å². The molecule has 0 bridgehead atoms. The van der Waals surface area contributed by atoms with Gasteiger partial charge in [0.2, 0.25) is 0 Å². The summed E-state index contributed by atoms with van der Waals surface area (Å²) >= 11 is 1.82. The molecular formula is C11H19NOS. The lowest BCUT2D eigenvalue weighted by Gasteiger charge is -2.18. The first-order valence-corrected chi connectivity index (χ1v) is 5.87. The Bertz CT molecular complexity index is 235. The van der Waals surface area contributed by atoms with Gasteiger partial charge in [-0.1, -0.05) is 6.07 Å². The van der Waals surface area contributed by atoms with Crippen LogP contribution < -0.4 is 5.32 Å². The van der Waals surface area contributed by atoms with Gasteiger partial charge < -0.3 is 10.1 Å². The van der Waals surface area contributed by atoms with Gasteiger partial charge in [0.05, 0.1) is 6.61 Å². The molecule has 1 rings (SSSR count). The fourth-order valence-corrected chi connectivity index (χ4v) is 2.41. The summed E-state index contributed by atoms with van der Waals surface area (Å²) < 4.78 is 5.08. The molecule has 80 valence electrons. The molecule has 0 aromatic carbocycles. The maximum Gasteiger partial charge on any atom is 0.0613 e. The summed E-state index contributed by atoms with van der Waals surface area (Å²) in [5.74, 6) is 0. The molecular weight excluding hydrogens is 194 g/mol. The third-order valence-corrected chi connectivity index (χ3v) is 2.97. The highest BCUT2D eigenvalue weighted by atomic mass is 32.1. The van der Waals surface area contributed by atoms with Crippen LogP contribution in [0, 0.1) is 0 Å². The van der Waals surface area contributed by atoms with E-state index in [9.17, 15) is 0 Å². The van der Waals surface area contributed by atoms with E-state index >= 15 is 0 Å². The molecule has 0 amide bonds. The smallest absolute Gasteiger partial charge is 0.0613 e. The molecule has 2 atom stereocenters. The number of thiophene rings is 1. The number of hydrogen-bond donors (Lipinski definition) is 1. The first kappa shape index (κ1) is 11.7. The molecule has 3 heteroatoms. The molecule has 0 saturated carbocycles. The van der Waals surface area contributed by atoms with Gasteiger partial charge in [0.15, 0.2) is 0 Å². The highest BCUT2D eigenvalue weighted by Gasteiger charge is 2.07. The van der Waals surface area contributed by atoms with Gasteiger partial charge in [-0.15, -0.1) is 11.3 Å². The minimum Gasteiger partial charge on any atom is -0.383 e. The van der Waals surface area contributed by atoms with E-state index < -0.39 is 0 Å². The molecule has 1 heterocycles. The van der Waals surface area contributed by atoms with Crippen molar-refractivity contribution in [1.29, 1.82) is 0 Å². The Morgan fingerprint density at radius 1 is 1.43 bits per heavy atom. The number of hydrogen-bond acceptors (Lipinski definition) is 3. The molecule has 1 N–H and O–H groups in total. The molecule has 2 unspecified atom stereocenters. The van der Waals surface area contributed by atoms with Gasteiger partial charge in [-0.2, -0.15) is 0 Å². The van der Waals surface area contributed by atoms with E-state index in [2.05, 4.69) is 36.7 Å². The lowest BCUT2D eigenvalue weighted by molar-refractivity contribution is 0.167. The average molecular weight is 213 g/mol. The number of rotatable bonds is 6. The second kappa shape index (κ2) is 6.17. The Labute approximate surface area is 90.3 Å². The minimum atomic E-state index is 0.426. The minimum absolute atomic E-state index is 0.426. The predicted octanol–water partition coefficient (Wildman–Crippen LogP) is 2.30. The Balaban J connectivity index is 2.25. The Morgan fingerprint density at radius 3 is 2.79 bits per heavy atom. The van der Waals surface area contributed by atoms with Crippen LogP contribution in [0.25, 0.3) is 0 Å². The number of ether oxygens (including phenoxy) is 1. The van der Waals surface area contributed by atoms with Crippen molar-refractivity contribution in [2.24, 2.45) is 0 Å². The molecule has 0 aliphatic heterocycles. The summed E-state index contributed by atoms with van der Waals surface area (Å²) in [5.41, 5.74) is 0. The third kappa shape index (κ3) is 4.22. The van der Waals surface area contributed by atoms with Gasteiger partial charge in [-0.25, -0.2) is 0 Å². The predicted molar refractivity (Wildman–Crippen MR) is 62.0 cm³/mol. The fourth-order valence-electron chi connectivity index (χ4n) is 1.57. The molecule has 1 aromatic rings. The zero-order valence-corrected chi connectivity index (χ0v) is 9.93. The summed E-state index contributed by atoms with van der Waals surface area (Å²) in [7, 11) is 1.74. The summed E-state index contributed by atoms with van der Waals surface area (Å²) in [5, 5.41) is 5.63. The molecule has 0 aliphatic rings. The second-order valence-corrected chi connectivity index (χ2v) is 4.74. The largest absolute Gasteiger partial charge is 0.383 e. The molecule has 2 nitrogen and oxygen atoms in total. The fraction of sp³-hybridized carbons (Fsp3) is 0.636. The van der Waals surface area contributed by atoms with Crippen LogP contribution in [0.15, 0.2) is 17.5 Å². The van der Waals surface area contributed by atoms with Crippen molar-refractivity contribution in [2.45, 2.75) is 32.4 Å². The van der Waals surface area contributed by atoms with Gasteiger partial charge in [0.25, 0.3) is 0 Å². The maximum atomic E-state index is 5.08. The molecule has 14 heavy (non-hydrogen) atoms. The Hall–Kier alpha value is -0.380. The first-order chi connectivity index (χ1) is 6.72. The molecule has 0 aliphatic carbocycles. The molecule has 0 radical (unpaired) electrons. The van der Waals surface area contributed by atoms with Crippen LogP contribution in [0.5, 0.6) is 0 Å². The lowest BCUT2D eigenvalue weighted by atomic mass is 10.2. The van der Waals surface area contributed by atoms with E-state index in [1.165, 1.54) is 4.88 Å². The van der Waals surface area contributed by atoms with Gasteiger partial charge in [0.1, 0.15) is 0 Å². The van der Waals surface area contributed by atoms with Crippen molar-refractivity contribution in [1.82, 2.24) is 5.32 Å². The van der Waals surface area contributed by atoms with Crippen LogP contribution in [0.1, 0.15) is 18.7 Å². The molecule has 1 aromatic heterocycles. The Kier molecular flexibility index (Phi) is 5.15. The van der Waals surface area contributed by atoms with Crippen molar-refractivity contribution in [3.8, 4) is 0 Å². The third-order valence-electron chi connectivity index (χ3n) is 2.07. The van der Waals surface area contributed by atoms with E-state index in [4.69, 9.17) is 4.74 Å². The normalized spacial score (nSPS) is 15.4. The monoisotopic (exact) mass is 213 g/mol. The SMILES string of the molecule is COCC(C)NC(C)Cc1cccs1. The second-order valence-electron chi connectivity index (χ2n) is 3.71. The van der Waals surface area contributed by atoms with Crippen LogP contribution in [-0.4, -0.2) is 25.8 Å². The molecule has 0 fully saturated rings. The summed E-state index contributed by atoms with van der Waals surface area (Å²) in [6.07, 6.45) is 1.10. The van der Waals surface area contributed by atoms with E-state index in [0.717, 1.165) is 13.0 Å². The standard InChI is InChI=1S/C11H19NOS/c1-9(12-10(2)8-13-3)7-11-5-4-6-14-11/h4-6,9-10,12H,7-8H2,1-3H3. The summed E-state index contributed by atoms with van der Waals surface area (Å²) in [4.78, 5) is 1.44. The van der Waals surface area contributed by atoms with E-state index in [-0.39, 0.29) is 0 Å². The topological polar surface area (TPSA) is 21.3 Å². The summed E-state index contributed by atoms with van der Waals surface area (Å²) in [6, 6.07) is 5.23. The zero-order valence-electron chi connectivity index (χ0n) is 9.12. The number of nitrogens with one attached hydrogen (secondary N) is 1. The van der Waals surface area contributed by atoms with Gasteiger partial charge in [-0.3, -0.25) is 0 Å². The van der Waals surface area contributed by atoms with Crippen molar-refractivity contribution in [3.05, 3.63) is 22.4 Å². The Morgan fingerprint density at radius 2 is 2.21 bits per heavy atom. The van der Waals surface area contributed by atoms with Crippen molar-refractivity contribution in [3.63, 3.8) is 0 Å². The van der Waals surface area contributed by atoms with Crippen LogP contribution in [-0.2, 0) is 11.2 Å². The van der Waals surface area contributed by atoms with Gasteiger partial charge in [-0.05, 0) is 31.7 Å². The van der Waals surface area contributed by atoms with Crippen molar-refractivity contribution in [2.75, 3.05) is 13.7 Å². The highest BCUT2D eigenvalue weighted by molar-refractivity contribution is 7.09. The van der Waals surface area contributed by atoms with Crippen molar-refractivity contribution < 1.29 is 4.74 Å². The molecule has 0 saturated heterocycles. The van der Waals surface area contributed by atoms with Crippen LogP contribution in [0.3, 0.4) is 0 Å². The van der Waals surface area contributed by atoms with E-state index in [0.29, 0.717) is 12.1 Å². The number of methoxy groups -OCH3 is 1. The van der Waals surface area contributed by atoms with E-state index in [1.54, 1.807) is 7.11 Å². The first-order valence-electron chi connectivity index (χ1n) is 4.99.